The molecule has 0 fully saturated rings. The third kappa shape index (κ3) is 4.48. The lowest BCUT2D eigenvalue weighted by Gasteiger charge is -2.06. The first-order valence-corrected chi connectivity index (χ1v) is 6.85. The highest BCUT2D eigenvalue weighted by Crippen LogP contribution is 2.08. The summed E-state index contributed by atoms with van der Waals surface area (Å²) in [6.07, 6.45) is 0.0272. The largest absolute Gasteiger partial charge is 0.352 e. The molecule has 1 amide bonds. The molecule has 0 aliphatic carbocycles. The zero-order chi connectivity index (χ0) is 15.9. The van der Waals surface area contributed by atoms with Gasteiger partial charge in [0.05, 0.1) is 0 Å². The van der Waals surface area contributed by atoms with E-state index in [0.29, 0.717) is 11.1 Å². The highest BCUT2D eigenvalue weighted by molar-refractivity contribution is 5.97. The SMILES string of the molecule is O=C(CCC(=O)c1ccc(F)cc1)NCc1ccccc1F. The molecule has 0 saturated heterocycles. The molecule has 0 aliphatic rings. The number of halogens is 2. The second-order valence-electron chi connectivity index (χ2n) is 4.80. The molecule has 2 aromatic carbocycles. The molecule has 0 aromatic heterocycles. The van der Waals surface area contributed by atoms with E-state index in [9.17, 15) is 18.4 Å². The Kier molecular flexibility index (Phi) is 5.36. The highest BCUT2D eigenvalue weighted by atomic mass is 19.1. The predicted octanol–water partition coefficient (Wildman–Crippen LogP) is 3.24. The normalized spacial score (nSPS) is 10.3. The van der Waals surface area contributed by atoms with Crippen LogP contribution < -0.4 is 5.32 Å². The van der Waals surface area contributed by atoms with Gasteiger partial charge in [-0.05, 0) is 30.3 Å². The number of benzene rings is 2. The number of carbonyl (C=O) groups is 2. The van der Waals surface area contributed by atoms with Gasteiger partial charge in [0, 0.05) is 30.5 Å². The second-order valence-corrected chi connectivity index (χ2v) is 4.80. The van der Waals surface area contributed by atoms with Crippen LogP contribution in [-0.2, 0) is 11.3 Å². The Hall–Kier alpha value is -2.56. The Balaban J connectivity index is 1.79. The fraction of sp³-hybridized carbons (Fsp3) is 0.176. The van der Waals surface area contributed by atoms with Crippen molar-refractivity contribution in [2.24, 2.45) is 0 Å². The molecule has 0 atom stereocenters. The Morgan fingerprint density at radius 1 is 0.909 bits per heavy atom. The minimum absolute atomic E-state index is 0.00463. The lowest BCUT2D eigenvalue weighted by atomic mass is 10.1. The molecule has 0 unspecified atom stereocenters. The summed E-state index contributed by atoms with van der Waals surface area (Å²) in [7, 11) is 0. The molecule has 5 heteroatoms. The van der Waals surface area contributed by atoms with E-state index in [-0.39, 0.29) is 36.9 Å². The monoisotopic (exact) mass is 303 g/mol. The maximum Gasteiger partial charge on any atom is 0.220 e. The maximum atomic E-state index is 13.4. The van der Waals surface area contributed by atoms with Gasteiger partial charge in [0.1, 0.15) is 11.6 Å². The zero-order valence-corrected chi connectivity index (χ0v) is 11.8. The Labute approximate surface area is 127 Å². The van der Waals surface area contributed by atoms with E-state index in [1.165, 1.54) is 30.3 Å². The number of ketones is 1. The molecule has 2 aromatic rings. The first-order valence-electron chi connectivity index (χ1n) is 6.85. The van der Waals surface area contributed by atoms with Crippen molar-refractivity contribution in [3.05, 3.63) is 71.3 Å². The van der Waals surface area contributed by atoms with Crippen LogP contribution in [0.2, 0.25) is 0 Å². The van der Waals surface area contributed by atoms with Crippen molar-refractivity contribution in [1.82, 2.24) is 5.32 Å². The average molecular weight is 303 g/mol. The molecule has 0 aliphatic heterocycles. The lowest BCUT2D eigenvalue weighted by molar-refractivity contribution is -0.121. The summed E-state index contributed by atoms with van der Waals surface area (Å²) < 4.78 is 26.1. The van der Waals surface area contributed by atoms with Crippen LogP contribution in [0.4, 0.5) is 8.78 Å². The number of rotatable bonds is 6. The Morgan fingerprint density at radius 2 is 1.59 bits per heavy atom. The van der Waals surface area contributed by atoms with Crippen LogP contribution in [0.25, 0.3) is 0 Å². The first kappa shape index (κ1) is 15.8. The smallest absolute Gasteiger partial charge is 0.220 e. The molecular weight excluding hydrogens is 288 g/mol. The van der Waals surface area contributed by atoms with E-state index in [4.69, 9.17) is 0 Å². The summed E-state index contributed by atoms with van der Waals surface area (Å²) in [5.41, 5.74) is 0.754. The van der Waals surface area contributed by atoms with Gasteiger partial charge >= 0.3 is 0 Å². The lowest BCUT2D eigenvalue weighted by Crippen LogP contribution is -2.23. The molecule has 22 heavy (non-hydrogen) atoms. The van der Waals surface area contributed by atoms with Crippen LogP contribution in [-0.4, -0.2) is 11.7 Å². The summed E-state index contributed by atoms with van der Waals surface area (Å²) in [6.45, 7) is 0.0796. The molecule has 114 valence electrons. The minimum atomic E-state index is -0.417. The third-order valence-electron chi connectivity index (χ3n) is 3.18. The van der Waals surface area contributed by atoms with Gasteiger partial charge in [-0.2, -0.15) is 0 Å². The van der Waals surface area contributed by atoms with Crippen molar-refractivity contribution in [2.45, 2.75) is 19.4 Å². The summed E-state index contributed by atoms with van der Waals surface area (Å²) in [5.74, 6) is -1.37. The van der Waals surface area contributed by atoms with Crippen LogP contribution in [0.1, 0.15) is 28.8 Å². The van der Waals surface area contributed by atoms with Crippen molar-refractivity contribution in [3.63, 3.8) is 0 Å². The molecule has 0 heterocycles. The number of Topliss-reactive ketones (excluding diaryl/α,β-unsaturated/α-hetero) is 1. The zero-order valence-electron chi connectivity index (χ0n) is 11.8. The van der Waals surface area contributed by atoms with Gasteiger partial charge in [0.2, 0.25) is 5.91 Å². The van der Waals surface area contributed by atoms with Crippen molar-refractivity contribution in [1.29, 1.82) is 0 Å². The maximum absolute atomic E-state index is 13.4. The minimum Gasteiger partial charge on any atom is -0.352 e. The molecular formula is C17H15F2NO2. The molecule has 1 N–H and O–H groups in total. The van der Waals surface area contributed by atoms with E-state index in [0.717, 1.165) is 0 Å². The van der Waals surface area contributed by atoms with Gasteiger partial charge in [-0.3, -0.25) is 9.59 Å². The number of hydrogen-bond acceptors (Lipinski definition) is 2. The summed E-state index contributed by atoms with van der Waals surface area (Å²) >= 11 is 0. The molecule has 0 radical (unpaired) electrons. The van der Waals surface area contributed by atoms with E-state index in [2.05, 4.69) is 5.32 Å². The van der Waals surface area contributed by atoms with Gasteiger partial charge in [-0.1, -0.05) is 18.2 Å². The molecule has 0 bridgehead atoms. The van der Waals surface area contributed by atoms with Gasteiger partial charge in [0.25, 0.3) is 0 Å². The summed E-state index contributed by atoms with van der Waals surface area (Å²) in [4.78, 5) is 23.5. The predicted molar refractivity (Wildman–Crippen MR) is 78.2 cm³/mol. The molecule has 2 rings (SSSR count). The van der Waals surface area contributed by atoms with Crippen LogP contribution >= 0.6 is 0 Å². The fourth-order valence-electron chi connectivity index (χ4n) is 1.93. The van der Waals surface area contributed by atoms with Crippen molar-refractivity contribution >= 4 is 11.7 Å². The van der Waals surface area contributed by atoms with E-state index in [1.54, 1.807) is 18.2 Å². The number of hydrogen-bond donors (Lipinski definition) is 1. The van der Waals surface area contributed by atoms with Gasteiger partial charge in [-0.25, -0.2) is 8.78 Å². The third-order valence-corrected chi connectivity index (χ3v) is 3.18. The topological polar surface area (TPSA) is 46.2 Å². The number of amides is 1. The van der Waals surface area contributed by atoms with E-state index < -0.39 is 5.82 Å². The van der Waals surface area contributed by atoms with Gasteiger partial charge < -0.3 is 5.32 Å². The fourth-order valence-corrected chi connectivity index (χ4v) is 1.93. The number of nitrogens with one attached hydrogen (secondary N) is 1. The summed E-state index contributed by atoms with van der Waals surface area (Å²) in [6, 6.07) is 11.3. The van der Waals surface area contributed by atoms with Crippen LogP contribution in [0.3, 0.4) is 0 Å². The summed E-state index contributed by atoms with van der Waals surface area (Å²) in [5, 5.41) is 2.56. The van der Waals surface area contributed by atoms with Crippen molar-refractivity contribution < 1.29 is 18.4 Å². The van der Waals surface area contributed by atoms with Crippen LogP contribution in [0.15, 0.2) is 48.5 Å². The second kappa shape index (κ2) is 7.45. The Morgan fingerprint density at radius 3 is 2.27 bits per heavy atom. The van der Waals surface area contributed by atoms with Crippen molar-refractivity contribution in [2.75, 3.05) is 0 Å². The van der Waals surface area contributed by atoms with E-state index >= 15 is 0 Å². The molecule has 3 nitrogen and oxygen atoms in total. The highest BCUT2D eigenvalue weighted by Gasteiger charge is 2.10. The van der Waals surface area contributed by atoms with Gasteiger partial charge in [-0.15, -0.1) is 0 Å². The van der Waals surface area contributed by atoms with Gasteiger partial charge in [0.15, 0.2) is 5.78 Å². The van der Waals surface area contributed by atoms with Crippen molar-refractivity contribution in [3.8, 4) is 0 Å². The quantitative estimate of drug-likeness (QED) is 0.833. The molecule has 0 saturated carbocycles. The average Bonchev–Trinajstić information content (AvgIpc) is 2.52. The van der Waals surface area contributed by atoms with Crippen LogP contribution in [0.5, 0.6) is 0 Å². The number of carbonyl (C=O) groups excluding carboxylic acids is 2. The Bertz CT molecular complexity index is 669. The molecule has 0 spiro atoms. The van der Waals surface area contributed by atoms with Crippen LogP contribution in [0, 0.1) is 11.6 Å². The first-order chi connectivity index (χ1) is 10.6. The standard InChI is InChI=1S/C17H15F2NO2/c18-14-7-5-12(6-8-14)16(21)9-10-17(22)20-11-13-3-1-2-4-15(13)19/h1-8H,9-11H2,(H,20,22). The van der Waals surface area contributed by atoms with E-state index in [1.807, 2.05) is 0 Å².